The number of carbonyl (C=O) groups excluding carboxylic acids is 1. The van der Waals surface area contributed by atoms with Gasteiger partial charge in [-0.2, -0.15) is 0 Å². The van der Waals surface area contributed by atoms with Gasteiger partial charge in [0.05, 0.1) is 12.0 Å². The van der Waals surface area contributed by atoms with E-state index in [-0.39, 0.29) is 11.7 Å². The number of carbonyl (C=O) groups is 1. The normalized spacial score (nSPS) is 14.7. The largest absolute Gasteiger partial charge is 0.388 e. The number of Topliss-reactive ketones (excluding diaryl/α,β-unsaturated/α-hetero) is 1. The van der Waals surface area contributed by atoms with Crippen molar-refractivity contribution in [3.8, 4) is 0 Å². The molecule has 1 aromatic carbocycles. The highest BCUT2D eigenvalue weighted by molar-refractivity contribution is 9.09. The van der Waals surface area contributed by atoms with Crippen molar-refractivity contribution in [2.24, 2.45) is 5.92 Å². The molecule has 1 N–H and O–H groups in total. The van der Waals surface area contributed by atoms with Crippen molar-refractivity contribution in [2.75, 3.05) is 5.33 Å². The fraction of sp³-hybridized carbons (Fsp3) is 0.417. The Labute approximate surface area is 98.4 Å². The van der Waals surface area contributed by atoms with Crippen LogP contribution in [-0.2, 0) is 4.79 Å². The van der Waals surface area contributed by atoms with Gasteiger partial charge in [-0.05, 0) is 19.4 Å². The summed E-state index contributed by atoms with van der Waals surface area (Å²) in [6.07, 6.45) is -0.720. The molecule has 0 fully saturated rings. The lowest BCUT2D eigenvalue weighted by molar-refractivity contribution is -0.123. The number of benzene rings is 1. The van der Waals surface area contributed by atoms with E-state index in [9.17, 15) is 9.90 Å². The minimum absolute atomic E-state index is 0.0000463. The number of aliphatic hydroxyl groups is 1. The number of alkyl halides is 1. The molecule has 0 amide bonds. The van der Waals surface area contributed by atoms with Gasteiger partial charge >= 0.3 is 0 Å². The molecule has 0 aliphatic rings. The molecule has 0 bridgehead atoms. The average Bonchev–Trinajstić information content (AvgIpc) is 2.19. The summed E-state index contributed by atoms with van der Waals surface area (Å²) in [5, 5.41) is 10.5. The Morgan fingerprint density at radius 1 is 1.40 bits per heavy atom. The summed E-state index contributed by atoms with van der Waals surface area (Å²) < 4.78 is 0. The van der Waals surface area contributed by atoms with Crippen molar-refractivity contribution < 1.29 is 9.90 Å². The highest BCUT2D eigenvalue weighted by Gasteiger charge is 2.23. The van der Waals surface area contributed by atoms with Crippen molar-refractivity contribution in [3.63, 3.8) is 0 Å². The van der Waals surface area contributed by atoms with E-state index >= 15 is 0 Å². The second-order valence-electron chi connectivity index (χ2n) is 3.73. The lowest BCUT2D eigenvalue weighted by Gasteiger charge is -2.18. The Hall–Kier alpha value is -0.670. The quantitative estimate of drug-likeness (QED) is 0.855. The molecule has 1 rings (SSSR count). The maximum absolute atomic E-state index is 11.3. The summed E-state index contributed by atoms with van der Waals surface area (Å²) >= 11 is 3.25. The molecule has 0 radical (unpaired) electrons. The van der Waals surface area contributed by atoms with Gasteiger partial charge in [0.1, 0.15) is 5.78 Å². The summed E-state index contributed by atoms with van der Waals surface area (Å²) in [4.78, 5) is 11.3. The van der Waals surface area contributed by atoms with Gasteiger partial charge in [0.25, 0.3) is 0 Å². The molecule has 0 aliphatic heterocycles. The van der Waals surface area contributed by atoms with E-state index in [4.69, 9.17) is 0 Å². The van der Waals surface area contributed by atoms with Crippen LogP contribution in [0.15, 0.2) is 24.3 Å². The third kappa shape index (κ3) is 3.14. The van der Waals surface area contributed by atoms with Crippen LogP contribution in [0.5, 0.6) is 0 Å². The van der Waals surface area contributed by atoms with Gasteiger partial charge in [0, 0.05) is 5.33 Å². The summed E-state index contributed by atoms with van der Waals surface area (Å²) in [7, 11) is 0. The fourth-order valence-electron chi connectivity index (χ4n) is 1.41. The number of aryl methyl sites for hydroxylation is 1. The van der Waals surface area contributed by atoms with Crippen LogP contribution < -0.4 is 0 Å². The van der Waals surface area contributed by atoms with Gasteiger partial charge in [0.15, 0.2) is 0 Å². The molecule has 2 atom stereocenters. The highest BCUT2D eigenvalue weighted by Crippen LogP contribution is 2.24. The highest BCUT2D eigenvalue weighted by atomic mass is 79.9. The maximum atomic E-state index is 11.3. The summed E-state index contributed by atoms with van der Waals surface area (Å²) in [6.45, 7) is 3.49. The van der Waals surface area contributed by atoms with Crippen LogP contribution in [0, 0.1) is 12.8 Å². The van der Waals surface area contributed by atoms with Crippen LogP contribution in [-0.4, -0.2) is 16.2 Å². The Morgan fingerprint density at radius 2 is 1.93 bits per heavy atom. The first-order chi connectivity index (χ1) is 7.06. The Balaban J connectivity index is 2.87. The zero-order valence-corrected chi connectivity index (χ0v) is 10.5. The number of hydrogen-bond acceptors (Lipinski definition) is 2. The predicted molar refractivity (Wildman–Crippen MR) is 64.1 cm³/mol. The number of ketones is 1. The van der Waals surface area contributed by atoms with E-state index in [1.165, 1.54) is 6.92 Å². The lowest BCUT2D eigenvalue weighted by Crippen LogP contribution is -2.21. The second-order valence-corrected chi connectivity index (χ2v) is 4.37. The van der Waals surface area contributed by atoms with E-state index in [1.807, 2.05) is 31.2 Å². The second kappa shape index (κ2) is 5.42. The minimum Gasteiger partial charge on any atom is -0.388 e. The van der Waals surface area contributed by atoms with E-state index in [0.29, 0.717) is 5.33 Å². The first kappa shape index (κ1) is 12.4. The van der Waals surface area contributed by atoms with Crippen molar-refractivity contribution in [3.05, 3.63) is 35.4 Å². The first-order valence-electron chi connectivity index (χ1n) is 4.87. The molecule has 2 nitrogen and oxygen atoms in total. The Bertz CT molecular complexity index is 332. The molecule has 3 heteroatoms. The van der Waals surface area contributed by atoms with E-state index in [2.05, 4.69) is 15.9 Å². The van der Waals surface area contributed by atoms with Crippen molar-refractivity contribution in [1.29, 1.82) is 0 Å². The molecule has 0 heterocycles. The minimum atomic E-state index is -0.720. The van der Waals surface area contributed by atoms with Crippen LogP contribution in [0.25, 0.3) is 0 Å². The summed E-state index contributed by atoms with van der Waals surface area (Å²) in [5.41, 5.74) is 1.93. The fourth-order valence-corrected chi connectivity index (χ4v) is 2.22. The smallest absolute Gasteiger partial charge is 0.136 e. The Morgan fingerprint density at radius 3 is 2.33 bits per heavy atom. The van der Waals surface area contributed by atoms with Gasteiger partial charge < -0.3 is 5.11 Å². The lowest BCUT2D eigenvalue weighted by atomic mass is 9.94. The molecule has 2 unspecified atom stereocenters. The molecule has 0 saturated carbocycles. The van der Waals surface area contributed by atoms with Crippen molar-refractivity contribution in [2.45, 2.75) is 20.0 Å². The van der Waals surface area contributed by atoms with Gasteiger partial charge in [-0.25, -0.2) is 0 Å². The topological polar surface area (TPSA) is 37.3 Å². The monoisotopic (exact) mass is 270 g/mol. The summed E-state index contributed by atoms with van der Waals surface area (Å²) in [6, 6.07) is 7.59. The standard InChI is InChI=1S/C12H15BrO2/c1-8-3-5-10(6-4-8)12(15)11(7-13)9(2)14/h3-6,11-12,15H,7H2,1-2H3. The number of hydrogen-bond donors (Lipinski definition) is 1. The average molecular weight is 271 g/mol. The van der Waals surface area contributed by atoms with Gasteiger partial charge in [-0.15, -0.1) is 0 Å². The summed E-state index contributed by atoms with van der Waals surface area (Å²) in [5.74, 6) is -0.368. The van der Waals surface area contributed by atoms with E-state index in [1.54, 1.807) is 0 Å². The van der Waals surface area contributed by atoms with Crippen molar-refractivity contribution in [1.82, 2.24) is 0 Å². The number of aliphatic hydroxyl groups excluding tert-OH is 1. The van der Waals surface area contributed by atoms with Crippen LogP contribution in [0.4, 0.5) is 0 Å². The van der Waals surface area contributed by atoms with Crippen molar-refractivity contribution >= 4 is 21.7 Å². The zero-order valence-electron chi connectivity index (χ0n) is 8.90. The molecule has 0 aromatic heterocycles. The molecular formula is C12H15BrO2. The zero-order chi connectivity index (χ0) is 11.4. The molecule has 0 saturated heterocycles. The van der Waals surface area contributed by atoms with Crippen LogP contribution in [0.1, 0.15) is 24.2 Å². The van der Waals surface area contributed by atoms with Gasteiger partial charge in [-0.3, -0.25) is 4.79 Å². The van der Waals surface area contributed by atoms with Gasteiger partial charge in [-0.1, -0.05) is 45.8 Å². The van der Waals surface area contributed by atoms with Crippen LogP contribution >= 0.6 is 15.9 Å². The third-order valence-electron chi connectivity index (χ3n) is 2.49. The Kier molecular flexibility index (Phi) is 4.48. The molecular weight excluding hydrogens is 256 g/mol. The van der Waals surface area contributed by atoms with Crippen LogP contribution in [0.2, 0.25) is 0 Å². The molecule has 82 valence electrons. The maximum Gasteiger partial charge on any atom is 0.136 e. The van der Waals surface area contributed by atoms with E-state index < -0.39 is 6.10 Å². The third-order valence-corrected chi connectivity index (χ3v) is 3.19. The van der Waals surface area contributed by atoms with E-state index in [0.717, 1.165) is 11.1 Å². The molecule has 15 heavy (non-hydrogen) atoms. The SMILES string of the molecule is CC(=O)C(CBr)C(O)c1ccc(C)cc1. The first-order valence-corrected chi connectivity index (χ1v) is 5.99. The predicted octanol–water partition coefficient (Wildman–Crippen LogP) is 2.63. The molecule has 1 aromatic rings. The van der Waals surface area contributed by atoms with Gasteiger partial charge in [0.2, 0.25) is 0 Å². The molecule has 0 spiro atoms. The number of halogens is 1. The number of rotatable bonds is 4. The van der Waals surface area contributed by atoms with Crippen LogP contribution in [0.3, 0.4) is 0 Å². The molecule has 0 aliphatic carbocycles.